The highest BCUT2D eigenvalue weighted by Crippen LogP contribution is 2.67. The second kappa shape index (κ2) is 13.1. The van der Waals surface area contributed by atoms with Crippen LogP contribution in [0.2, 0.25) is 0 Å². The first-order chi connectivity index (χ1) is 26.5. The van der Waals surface area contributed by atoms with Gasteiger partial charge in [-0.25, -0.2) is 0 Å². The number of nitrogens with zero attached hydrogens (tertiary/aromatic N) is 1. The van der Waals surface area contributed by atoms with Gasteiger partial charge in [-0.2, -0.15) is 0 Å². The average Bonchev–Trinajstić information content (AvgIpc) is 3.85. The van der Waals surface area contributed by atoms with E-state index in [-0.39, 0.29) is 41.3 Å². The number of allylic oxidation sites excluding steroid dienone is 2. The number of rotatable bonds is 7. The third-order valence-electron chi connectivity index (χ3n) is 17.5. The van der Waals surface area contributed by atoms with Crippen LogP contribution in [0.25, 0.3) is 0 Å². The van der Waals surface area contributed by atoms with Crippen molar-refractivity contribution < 1.29 is 33.8 Å². The van der Waals surface area contributed by atoms with Crippen LogP contribution in [0.1, 0.15) is 158 Å². The van der Waals surface area contributed by atoms with E-state index in [4.69, 9.17) is 9.15 Å². The molecule has 1 amide bonds. The maximum absolute atomic E-state index is 15.6. The summed E-state index contributed by atoms with van der Waals surface area (Å²) in [6.45, 7) is 11.1. The predicted octanol–water partition coefficient (Wildman–Crippen LogP) is 8.72. The highest BCUT2D eigenvalue weighted by Gasteiger charge is 2.76. The van der Waals surface area contributed by atoms with Crippen LogP contribution in [0.3, 0.4) is 0 Å². The molecule has 7 fully saturated rings. The number of aliphatic hydroxyl groups is 2. The van der Waals surface area contributed by atoms with Crippen molar-refractivity contribution in [1.82, 2.24) is 4.90 Å². The van der Waals surface area contributed by atoms with Gasteiger partial charge in [-0.15, -0.1) is 0 Å². The van der Waals surface area contributed by atoms with Crippen molar-refractivity contribution in [1.29, 1.82) is 0 Å². The summed E-state index contributed by atoms with van der Waals surface area (Å²) in [6, 6.07) is 9.45. The molecule has 1 aromatic heterocycles. The molecule has 2 N–H and O–H groups in total. The van der Waals surface area contributed by atoms with Crippen LogP contribution in [0.15, 0.2) is 52.7 Å². The number of furan rings is 1. The van der Waals surface area contributed by atoms with Crippen molar-refractivity contribution in [3.63, 3.8) is 0 Å². The Kier molecular flexibility index (Phi) is 8.99. The lowest BCUT2D eigenvalue weighted by molar-refractivity contribution is -0.181. The van der Waals surface area contributed by atoms with Crippen molar-refractivity contribution in [2.45, 2.75) is 154 Å². The molecule has 2 heterocycles. The standard InChI is InChI=1S/C48H63NO7/c1-30-8-6-15-44(4)38(36-13-11-31(23-35(50)12-10-30)24-37(36)40(51)39-9-7-19-55-39)14-16-47(44,54)29-49(28-46-25-32-20-33(26-46)22-34(21-32)27-46)41(52)48-18-17-45(5,42(53)56-48)43(48,2)3/h7-9,11,13,19,24,32-35,38,50,54H,6,10,12,14-18,20-23,25-29H2,1-5H3/t32?,33?,34?,35-,38-,44-,45-,46?,47+,48+/m0/s1. The van der Waals surface area contributed by atoms with Crippen molar-refractivity contribution in [3.8, 4) is 0 Å². The summed E-state index contributed by atoms with van der Waals surface area (Å²) in [5.41, 5.74) is -1.11. The van der Waals surface area contributed by atoms with Crippen LogP contribution in [-0.4, -0.2) is 63.2 Å². The van der Waals surface area contributed by atoms with E-state index in [1.807, 2.05) is 37.8 Å². The predicted molar refractivity (Wildman–Crippen MR) is 213 cm³/mol. The van der Waals surface area contributed by atoms with Crippen LogP contribution in [-0.2, 0) is 20.7 Å². The molecule has 8 nitrogen and oxygen atoms in total. The van der Waals surface area contributed by atoms with Crippen LogP contribution in [0, 0.1) is 39.4 Å². The Hall–Kier alpha value is -3.23. The number of hydrogen-bond donors (Lipinski definition) is 2. The molecule has 1 aromatic carbocycles. The Bertz CT molecular complexity index is 1910. The average molecular weight is 766 g/mol. The fourth-order valence-corrected chi connectivity index (χ4v) is 14.1. The minimum Gasteiger partial charge on any atom is -0.461 e. The van der Waals surface area contributed by atoms with Gasteiger partial charge in [-0.1, -0.05) is 44.6 Å². The fraction of sp³-hybridized carbons (Fsp3) is 0.688. The van der Waals surface area contributed by atoms with Crippen molar-refractivity contribution in [2.75, 3.05) is 13.1 Å². The number of ether oxygens (including phenoxy) is 1. The van der Waals surface area contributed by atoms with Gasteiger partial charge in [0.15, 0.2) is 11.4 Å². The number of fused-ring (bicyclic) bond motifs is 10. The van der Waals surface area contributed by atoms with Gasteiger partial charge >= 0.3 is 5.97 Å². The number of carbonyl (C=O) groups is 3. The number of hydrogen-bond acceptors (Lipinski definition) is 7. The highest BCUT2D eigenvalue weighted by atomic mass is 16.6. The quantitative estimate of drug-likeness (QED) is 0.165. The van der Waals surface area contributed by atoms with E-state index in [1.165, 1.54) is 31.1 Å². The summed E-state index contributed by atoms with van der Waals surface area (Å²) in [7, 11) is 0. The van der Waals surface area contributed by atoms with Gasteiger partial charge < -0.3 is 24.3 Å². The Morgan fingerprint density at radius 2 is 1.62 bits per heavy atom. The second-order valence-corrected chi connectivity index (χ2v) is 21.0. The zero-order valence-corrected chi connectivity index (χ0v) is 34.3. The normalized spacial score (nSPS) is 40.9. The Morgan fingerprint density at radius 3 is 2.25 bits per heavy atom. The fourth-order valence-electron chi connectivity index (χ4n) is 14.1. The monoisotopic (exact) mass is 765 g/mol. The molecule has 8 bridgehead atoms. The third kappa shape index (κ3) is 5.68. The van der Waals surface area contributed by atoms with Gasteiger partial charge in [0.25, 0.3) is 5.91 Å². The minimum absolute atomic E-state index is 0.0110. The van der Waals surface area contributed by atoms with Crippen LogP contribution >= 0.6 is 0 Å². The van der Waals surface area contributed by atoms with Crippen molar-refractivity contribution >= 4 is 17.7 Å². The van der Waals surface area contributed by atoms with Crippen LogP contribution in [0.5, 0.6) is 0 Å². The van der Waals surface area contributed by atoms with E-state index in [1.54, 1.807) is 12.1 Å². The minimum atomic E-state index is -1.28. The molecule has 11 rings (SSSR count). The molecule has 8 aliphatic carbocycles. The molecule has 6 saturated carbocycles. The number of esters is 1. The van der Waals surface area contributed by atoms with Gasteiger partial charge in [0, 0.05) is 22.9 Å². The lowest BCUT2D eigenvalue weighted by Gasteiger charge is -2.58. The molecule has 1 aliphatic heterocycles. The number of benzene rings is 1. The van der Waals surface area contributed by atoms with E-state index in [2.05, 4.69) is 26.0 Å². The number of amides is 1. The summed E-state index contributed by atoms with van der Waals surface area (Å²) >= 11 is 0. The lowest BCUT2D eigenvalue weighted by atomic mass is 9.49. The molecule has 1 saturated heterocycles. The number of carbonyl (C=O) groups excluding carboxylic acids is 3. The molecule has 0 spiro atoms. The molecule has 8 heteroatoms. The zero-order chi connectivity index (χ0) is 39.5. The number of aliphatic hydroxyl groups excluding tert-OH is 1. The van der Waals surface area contributed by atoms with Gasteiger partial charge in [-0.05, 0) is 169 Å². The second-order valence-electron chi connectivity index (χ2n) is 21.0. The van der Waals surface area contributed by atoms with Gasteiger partial charge in [0.05, 0.1) is 29.9 Å². The van der Waals surface area contributed by atoms with Crippen molar-refractivity contribution in [3.05, 3.63) is 70.7 Å². The largest absolute Gasteiger partial charge is 0.461 e. The van der Waals surface area contributed by atoms with Crippen molar-refractivity contribution in [2.24, 2.45) is 39.4 Å². The maximum Gasteiger partial charge on any atom is 0.313 e. The molecule has 2 aromatic rings. The summed E-state index contributed by atoms with van der Waals surface area (Å²) in [5.74, 6) is 1.59. The van der Waals surface area contributed by atoms with Gasteiger partial charge in [-0.3, -0.25) is 14.4 Å². The molecule has 0 radical (unpaired) electrons. The third-order valence-corrected chi connectivity index (χ3v) is 17.5. The van der Waals surface area contributed by atoms with Gasteiger partial charge in [0.1, 0.15) is 0 Å². The Balaban J connectivity index is 1.13. The first kappa shape index (κ1) is 38.3. The molecular formula is C48H63NO7. The Labute approximate surface area is 332 Å². The van der Waals surface area contributed by atoms with E-state index >= 15 is 4.79 Å². The van der Waals surface area contributed by atoms with Gasteiger partial charge in [0.2, 0.25) is 5.78 Å². The van der Waals surface area contributed by atoms with E-state index in [0.29, 0.717) is 74.8 Å². The maximum atomic E-state index is 15.6. The first-order valence-corrected chi connectivity index (χ1v) is 21.8. The molecular weight excluding hydrogens is 703 g/mol. The summed E-state index contributed by atoms with van der Waals surface area (Å²) in [6.07, 6.45) is 16.0. The summed E-state index contributed by atoms with van der Waals surface area (Å²) in [4.78, 5) is 45.5. The first-order valence-electron chi connectivity index (χ1n) is 21.8. The lowest BCUT2D eigenvalue weighted by Crippen LogP contribution is -2.63. The molecule has 302 valence electrons. The summed E-state index contributed by atoms with van der Waals surface area (Å²) in [5, 5.41) is 24.5. The number of ketones is 1. The van der Waals surface area contributed by atoms with E-state index < -0.39 is 33.6 Å². The highest BCUT2D eigenvalue weighted by molar-refractivity contribution is 6.08. The molecule has 9 aliphatic rings. The van der Waals surface area contributed by atoms with E-state index in [9.17, 15) is 19.8 Å². The Morgan fingerprint density at radius 1 is 0.911 bits per heavy atom. The zero-order valence-electron chi connectivity index (χ0n) is 34.3. The van der Waals surface area contributed by atoms with Crippen LogP contribution < -0.4 is 0 Å². The topological polar surface area (TPSA) is 117 Å². The molecule has 0 unspecified atom stereocenters. The molecule has 56 heavy (non-hydrogen) atoms. The smallest absolute Gasteiger partial charge is 0.313 e. The molecule has 6 atom stereocenters. The van der Waals surface area contributed by atoms with Crippen LogP contribution in [0.4, 0.5) is 0 Å². The van der Waals surface area contributed by atoms with E-state index in [0.717, 1.165) is 43.2 Å². The summed E-state index contributed by atoms with van der Waals surface area (Å²) < 4.78 is 12.0. The SMILES string of the molecule is CC1=CCC[C@@]2(C)[C@@H](CC[C@@]2(O)CN(CC23CC4CC(CC(C4)C2)C3)C(=O)[C@@]23CC[C@@](C)(C(=O)O2)C3(C)C)c2ccc(cc2C(=O)c2ccco2)C[C@@H](O)CC1.